The largest absolute Gasteiger partial charge is 0.366 e. The van der Waals surface area contributed by atoms with E-state index in [-0.39, 0.29) is 0 Å². The molecule has 1 aromatic carbocycles. The Morgan fingerprint density at radius 3 is 2.73 bits per heavy atom. The van der Waals surface area contributed by atoms with Crippen molar-refractivity contribution in [2.24, 2.45) is 5.73 Å². The molecule has 15 heavy (non-hydrogen) atoms. The molecule has 76 valence electrons. The zero-order valence-corrected chi connectivity index (χ0v) is 9.01. The predicted octanol–water partition coefficient (Wildman–Crippen LogP) is 2.64. The van der Waals surface area contributed by atoms with Crippen LogP contribution in [0.15, 0.2) is 24.4 Å². The standard InChI is InChI=1S/C10H6Cl2N2O/c11-7-2-1-5-3-6(10(13)15)4-14-9(5)8(7)12/h1-4H,(H2,13,15). The van der Waals surface area contributed by atoms with Crippen LogP contribution in [-0.2, 0) is 0 Å². The Kier molecular flexibility index (Phi) is 2.50. The van der Waals surface area contributed by atoms with Crippen molar-refractivity contribution >= 4 is 40.0 Å². The molecule has 0 aliphatic rings. The maximum atomic E-state index is 10.9. The van der Waals surface area contributed by atoms with Crippen LogP contribution in [0.1, 0.15) is 10.4 Å². The first-order chi connectivity index (χ1) is 7.09. The van der Waals surface area contributed by atoms with Crippen molar-refractivity contribution in [1.29, 1.82) is 0 Å². The van der Waals surface area contributed by atoms with Crippen molar-refractivity contribution in [2.45, 2.75) is 0 Å². The summed E-state index contributed by atoms with van der Waals surface area (Å²) in [7, 11) is 0. The summed E-state index contributed by atoms with van der Waals surface area (Å²) in [5.41, 5.74) is 6.05. The van der Waals surface area contributed by atoms with Crippen LogP contribution in [0, 0.1) is 0 Å². The lowest BCUT2D eigenvalue weighted by Crippen LogP contribution is -2.11. The molecule has 0 saturated heterocycles. The van der Waals surface area contributed by atoms with Gasteiger partial charge < -0.3 is 5.73 Å². The fourth-order valence-electron chi connectivity index (χ4n) is 1.28. The number of carbonyl (C=O) groups is 1. The van der Waals surface area contributed by atoms with Crippen molar-refractivity contribution in [1.82, 2.24) is 4.98 Å². The van der Waals surface area contributed by atoms with E-state index in [1.165, 1.54) is 6.20 Å². The Morgan fingerprint density at radius 1 is 1.33 bits per heavy atom. The minimum Gasteiger partial charge on any atom is -0.366 e. The van der Waals surface area contributed by atoms with Gasteiger partial charge >= 0.3 is 0 Å². The Balaban J connectivity index is 2.75. The number of rotatable bonds is 1. The number of benzene rings is 1. The molecular formula is C10H6Cl2N2O. The van der Waals surface area contributed by atoms with Crippen LogP contribution >= 0.6 is 23.2 Å². The molecule has 0 radical (unpaired) electrons. The van der Waals surface area contributed by atoms with E-state index in [9.17, 15) is 4.79 Å². The van der Waals surface area contributed by atoms with Gasteiger partial charge in [-0.1, -0.05) is 29.3 Å². The molecule has 1 aromatic heterocycles. The van der Waals surface area contributed by atoms with Crippen molar-refractivity contribution < 1.29 is 4.79 Å². The Labute approximate surface area is 95.8 Å². The SMILES string of the molecule is NC(=O)c1cnc2c(Cl)c(Cl)ccc2c1. The van der Waals surface area contributed by atoms with Gasteiger partial charge in [0.1, 0.15) is 0 Å². The van der Waals surface area contributed by atoms with E-state index < -0.39 is 5.91 Å². The summed E-state index contributed by atoms with van der Waals surface area (Å²) < 4.78 is 0. The number of carbonyl (C=O) groups excluding carboxylic acids is 1. The number of primary amides is 1. The summed E-state index contributed by atoms with van der Waals surface area (Å²) >= 11 is 11.8. The maximum Gasteiger partial charge on any atom is 0.250 e. The minimum absolute atomic E-state index is 0.348. The van der Waals surface area contributed by atoms with E-state index in [0.29, 0.717) is 21.1 Å². The smallest absolute Gasteiger partial charge is 0.250 e. The predicted molar refractivity (Wildman–Crippen MR) is 60.3 cm³/mol. The van der Waals surface area contributed by atoms with Gasteiger partial charge in [-0.15, -0.1) is 0 Å². The van der Waals surface area contributed by atoms with Gasteiger partial charge in [0.15, 0.2) is 0 Å². The highest BCUT2D eigenvalue weighted by molar-refractivity contribution is 6.45. The van der Waals surface area contributed by atoms with Crippen LogP contribution in [0.2, 0.25) is 10.0 Å². The fraction of sp³-hybridized carbons (Fsp3) is 0. The number of hydrogen-bond donors (Lipinski definition) is 1. The number of pyridine rings is 1. The van der Waals surface area contributed by atoms with Gasteiger partial charge in [-0.3, -0.25) is 9.78 Å². The van der Waals surface area contributed by atoms with Crippen LogP contribution < -0.4 is 5.73 Å². The highest BCUT2D eigenvalue weighted by atomic mass is 35.5. The molecule has 0 unspecified atom stereocenters. The lowest BCUT2D eigenvalue weighted by Gasteiger charge is -2.02. The molecule has 0 atom stereocenters. The van der Waals surface area contributed by atoms with Gasteiger partial charge in [0.05, 0.1) is 21.1 Å². The van der Waals surface area contributed by atoms with Gasteiger partial charge in [-0.05, 0) is 12.1 Å². The van der Waals surface area contributed by atoms with Crippen LogP contribution in [0.5, 0.6) is 0 Å². The number of hydrogen-bond acceptors (Lipinski definition) is 2. The molecular weight excluding hydrogens is 235 g/mol. The van der Waals surface area contributed by atoms with Crippen molar-refractivity contribution in [3.05, 3.63) is 40.0 Å². The quantitative estimate of drug-likeness (QED) is 0.834. The third-order valence-electron chi connectivity index (χ3n) is 2.03. The second-order valence-corrected chi connectivity index (χ2v) is 3.81. The lowest BCUT2D eigenvalue weighted by molar-refractivity contribution is 0.1000. The third kappa shape index (κ3) is 1.76. The monoisotopic (exact) mass is 240 g/mol. The molecule has 5 heteroatoms. The first kappa shape index (κ1) is 10.2. The topological polar surface area (TPSA) is 56.0 Å². The zero-order valence-electron chi connectivity index (χ0n) is 7.50. The molecule has 0 fully saturated rings. The number of nitrogens with zero attached hydrogens (tertiary/aromatic N) is 1. The molecule has 3 nitrogen and oxygen atoms in total. The second-order valence-electron chi connectivity index (χ2n) is 3.02. The van der Waals surface area contributed by atoms with E-state index in [2.05, 4.69) is 4.98 Å². The molecule has 0 saturated carbocycles. The summed E-state index contributed by atoms with van der Waals surface area (Å²) in [5, 5.41) is 1.55. The van der Waals surface area contributed by atoms with Crippen LogP contribution in [-0.4, -0.2) is 10.9 Å². The Bertz CT molecular complexity index is 554. The van der Waals surface area contributed by atoms with Gasteiger partial charge in [-0.2, -0.15) is 0 Å². The number of halogens is 2. The van der Waals surface area contributed by atoms with Crippen molar-refractivity contribution in [3.63, 3.8) is 0 Å². The highest BCUT2D eigenvalue weighted by Crippen LogP contribution is 2.29. The lowest BCUT2D eigenvalue weighted by atomic mass is 10.1. The van der Waals surface area contributed by atoms with Crippen LogP contribution in [0.25, 0.3) is 10.9 Å². The van der Waals surface area contributed by atoms with Gasteiger partial charge in [0, 0.05) is 11.6 Å². The van der Waals surface area contributed by atoms with E-state index >= 15 is 0 Å². The second kappa shape index (κ2) is 3.68. The normalized spacial score (nSPS) is 10.5. The summed E-state index contributed by atoms with van der Waals surface area (Å²) in [6.45, 7) is 0. The van der Waals surface area contributed by atoms with E-state index in [1.807, 2.05) is 0 Å². The van der Waals surface area contributed by atoms with Gasteiger partial charge in [-0.25, -0.2) is 0 Å². The Hall–Kier alpha value is -1.32. The molecule has 2 aromatic rings. The molecule has 2 N–H and O–H groups in total. The van der Waals surface area contributed by atoms with Crippen LogP contribution in [0.4, 0.5) is 0 Å². The molecule has 1 heterocycles. The van der Waals surface area contributed by atoms with E-state index in [0.717, 1.165) is 5.39 Å². The highest BCUT2D eigenvalue weighted by Gasteiger charge is 2.07. The molecule has 0 aliphatic heterocycles. The Morgan fingerprint density at radius 2 is 2.07 bits per heavy atom. The van der Waals surface area contributed by atoms with Crippen molar-refractivity contribution in [2.75, 3.05) is 0 Å². The fourth-order valence-corrected chi connectivity index (χ4v) is 1.65. The van der Waals surface area contributed by atoms with Gasteiger partial charge in [0.2, 0.25) is 5.91 Å². The van der Waals surface area contributed by atoms with E-state index in [4.69, 9.17) is 28.9 Å². The number of amides is 1. The van der Waals surface area contributed by atoms with Crippen LogP contribution in [0.3, 0.4) is 0 Å². The maximum absolute atomic E-state index is 10.9. The van der Waals surface area contributed by atoms with Gasteiger partial charge in [0.25, 0.3) is 0 Å². The number of fused-ring (bicyclic) bond motifs is 1. The van der Waals surface area contributed by atoms with Crippen molar-refractivity contribution in [3.8, 4) is 0 Å². The van der Waals surface area contributed by atoms with E-state index in [1.54, 1.807) is 18.2 Å². The summed E-state index contributed by atoms with van der Waals surface area (Å²) in [4.78, 5) is 15.0. The average Bonchev–Trinajstić information content (AvgIpc) is 2.23. The average molecular weight is 241 g/mol. The number of nitrogens with two attached hydrogens (primary N) is 1. The zero-order chi connectivity index (χ0) is 11.0. The summed E-state index contributed by atoms with van der Waals surface area (Å²) in [6, 6.07) is 5.02. The molecule has 0 bridgehead atoms. The minimum atomic E-state index is -0.518. The molecule has 1 amide bonds. The molecule has 0 aliphatic carbocycles. The molecule has 2 rings (SSSR count). The third-order valence-corrected chi connectivity index (χ3v) is 2.82. The number of aromatic nitrogens is 1. The molecule has 0 spiro atoms. The summed E-state index contributed by atoms with van der Waals surface area (Å²) in [6.07, 6.45) is 1.38. The first-order valence-electron chi connectivity index (χ1n) is 4.13. The first-order valence-corrected chi connectivity index (χ1v) is 4.89. The summed E-state index contributed by atoms with van der Waals surface area (Å²) in [5.74, 6) is -0.518.